The number of aryl methyl sites for hydroxylation is 2. The summed E-state index contributed by atoms with van der Waals surface area (Å²) in [6.45, 7) is 8.27. The van der Waals surface area contributed by atoms with Crippen LogP contribution in [0.15, 0.2) is 6.07 Å². The highest BCUT2D eigenvalue weighted by molar-refractivity contribution is 5.69. The summed E-state index contributed by atoms with van der Waals surface area (Å²) in [7, 11) is 0. The summed E-state index contributed by atoms with van der Waals surface area (Å²) in [5, 5.41) is 0. The van der Waals surface area contributed by atoms with Crippen LogP contribution in [0.2, 0.25) is 0 Å². The molecule has 0 fully saturated rings. The Morgan fingerprint density at radius 2 is 1.38 bits per heavy atom. The Hall–Kier alpha value is -1.18. The van der Waals surface area contributed by atoms with Gasteiger partial charge >= 0.3 is 0 Å². The van der Waals surface area contributed by atoms with Gasteiger partial charge in [0.05, 0.1) is 0 Å². The van der Waals surface area contributed by atoms with Crippen LogP contribution in [-0.4, -0.2) is 0 Å². The van der Waals surface area contributed by atoms with Crippen molar-refractivity contribution in [3.05, 3.63) is 22.8 Å². The maximum absolute atomic E-state index is 5.97. The fraction of sp³-hybridized carbons (Fsp3) is 0.455. The van der Waals surface area contributed by atoms with E-state index in [-0.39, 0.29) is 0 Å². The van der Waals surface area contributed by atoms with Crippen LogP contribution in [0.5, 0.6) is 0 Å². The molecule has 0 aliphatic rings. The number of anilines is 2. The quantitative estimate of drug-likeness (QED) is 0.649. The summed E-state index contributed by atoms with van der Waals surface area (Å²) in [5.74, 6) is 0.388. The number of nitrogens with two attached hydrogens (primary N) is 2. The summed E-state index contributed by atoms with van der Waals surface area (Å²) >= 11 is 0. The Bertz CT molecular complexity index is 301. The molecule has 1 aromatic rings. The molecule has 13 heavy (non-hydrogen) atoms. The predicted molar refractivity (Wildman–Crippen MR) is 58.8 cm³/mol. The highest BCUT2D eigenvalue weighted by Crippen LogP contribution is 2.32. The number of hydrogen-bond acceptors (Lipinski definition) is 2. The van der Waals surface area contributed by atoms with Crippen LogP contribution in [0, 0.1) is 13.8 Å². The fourth-order valence-electron chi connectivity index (χ4n) is 1.67. The molecule has 2 nitrogen and oxygen atoms in total. The fourth-order valence-corrected chi connectivity index (χ4v) is 1.67. The predicted octanol–water partition coefficient (Wildman–Crippen LogP) is 2.59. The van der Waals surface area contributed by atoms with E-state index in [1.807, 2.05) is 19.9 Å². The summed E-state index contributed by atoms with van der Waals surface area (Å²) in [5.41, 5.74) is 17.0. The molecule has 0 unspecified atom stereocenters. The minimum absolute atomic E-state index is 0.388. The Balaban J connectivity index is 3.46. The first-order valence-corrected chi connectivity index (χ1v) is 4.60. The lowest BCUT2D eigenvalue weighted by Crippen LogP contribution is -2.05. The van der Waals surface area contributed by atoms with Gasteiger partial charge in [0.15, 0.2) is 0 Å². The molecule has 0 amide bonds. The van der Waals surface area contributed by atoms with E-state index in [0.29, 0.717) is 5.92 Å². The van der Waals surface area contributed by atoms with Crippen molar-refractivity contribution in [3.8, 4) is 0 Å². The summed E-state index contributed by atoms with van der Waals surface area (Å²) in [4.78, 5) is 0. The molecule has 0 saturated heterocycles. The minimum Gasteiger partial charge on any atom is -0.398 e. The summed E-state index contributed by atoms with van der Waals surface area (Å²) in [6, 6.07) is 2.04. The average molecular weight is 178 g/mol. The van der Waals surface area contributed by atoms with Crippen LogP contribution in [-0.2, 0) is 0 Å². The highest BCUT2D eigenvalue weighted by Gasteiger charge is 2.12. The van der Waals surface area contributed by atoms with E-state index in [4.69, 9.17) is 11.5 Å². The first kappa shape index (κ1) is 9.90. The maximum Gasteiger partial charge on any atom is 0.0399 e. The molecular weight excluding hydrogens is 160 g/mol. The molecule has 2 heteroatoms. The Morgan fingerprint density at radius 1 is 1.00 bits per heavy atom. The van der Waals surface area contributed by atoms with Crippen LogP contribution < -0.4 is 11.5 Å². The van der Waals surface area contributed by atoms with E-state index >= 15 is 0 Å². The monoisotopic (exact) mass is 178 g/mol. The van der Waals surface area contributed by atoms with Crippen molar-refractivity contribution in [2.75, 3.05) is 11.5 Å². The lowest BCUT2D eigenvalue weighted by molar-refractivity contribution is 0.870. The standard InChI is InChI=1S/C11H18N2/c1-6(2)9-10(12)7(3)5-8(4)11(9)13/h5-6H,12-13H2,1-4H3. The molecule has 0 heterocycles. The van der Waals surface area contributed by atoms with Crippen molar-refractivity contribution >= 4 is 11.4 Å². The van der Waals surface area contributed by atoms with E-state index in [0.717, 1.165) is 28.1 Å². The van der Waals surface area contributed by atoms with Gasteiger partial charge in [0.25, 0.3) is 0 Å². The summed E-state index contributed by atoms with van der Waals surface area (Å²) < 4.78 is 0. The van der Waals surface area contributed by atoms with Crippen LogP contribution in [0.3, 0.4) is 0 Å². The third-order valence-electron chi connectivity index (χ3n) is 2.44. The number of rotatable bonds is 1. The third kappa shape index (κ3) is 1.62. The maximum atomic E-state index is 5.97. The Morgan fingerprint density at radius 3 is 1.69 bits per heavy atom. The lowest BCUT2D eigenvalue weighted by Gasteiger charge is -2.17. The second kappa shape index (κ2) is 3.29. The molecule has 1 aromatic carbocycles. The number of nitrogen functional groups attached to an aromatic ring is 2. The number of benzene rings is 1. The molecule has 0 bridgehead atoms. The van der Waals surface area contributed by atoms with Gasteiger partial charge in [-0.3, -0.25) is 0 Å². The summed E-state index contributed by atoms with van der Waals surface area (Å²) in [6.07, 6.45) is 0. The Kier molecular flexibility index (Phi) is 2.50. The van der Waals surface area contributed by atoms with Crippen molar-refractivity contribution in [1.82, 2.24) is 0 Å². The molecule has 0 atom stereocenters. The molecule has 4 N–H and O–H groups in total. The van der Waals surface area contributed by atoms with Gasteiger partial charge in [0.1, 0.15) is 0 Å². The number of hydrogen-bond donors (Lipinski definition) is 2. The normalized spacial score (nSPS) is 10.8. The first-order valence-electron chi connectivity index (χ1n) is 4.60. The van der Waals surface area contributed by atoms with Gasteiger partial charge in [0.2, 0.25) is 0 Å². The second-order valence-corrected chi connectivity index (χ2v) is 3.91. The highest BCUT2D eigenvalue weighted by atomic mass is 14.6. The molecule has 72 valence electrons. The molecule has 1 rings (SSSR count). The van der Waals surface area contributed by atoms with E-state index in [1.54, 1.807) is 0 Å². The second-order valence-electron chi connectivity index (χ2n) is 3.91. The first-order chi connectivity index (χ1) is 5.95. The third-order valence-corrected chi connectivity index (χ3v) is 2.44. The molecule has 0 spiro atoms. The van der Waals surface area contributed by atoms with Crippen molar-refractivity contribution in [3.63, 3.8) is 0 Å². The van der Waals surface area contributed by atoms with Crippen LogP contribution in [0.1, 0.15) is 36.5 Å². The average Bonchev–Trinajstić information content (AvgIpc) is 2.01. The molecule has 0 aliphatic carbocycles. The van der Waals surface area contributed by atoms with Crippen LogP contribution in [0.4, 0.5) is 11.4 Å². The zero-order valence-corrected chi connectivity index (χ0v) is 8.81. The van der Waals surface area contributed by atoms with Gasteiger partial charge in [0, 0.05) is 16.9 Å². The van der Waals surface area contributed by atoms with Gasteiger partial charge in [-0.05, 0) is 30.9 Å². The minimum atomic E-state index is 0.388. The molecule has 0 aromatic heterocycles. The smallest absolute Gasteiger partial charge is 0.0399 e. The molecule has 0 radical (unpaired) electrons. The van der Waals surface area contributed by atoms with E-state index < -0.39 is 0 Å². The van der Waals surface area contributed by atoms with Gasteiger partial charge in [-0.15, -0.1) is 0 Å². The van der Waals surface area contributed by atoms with Crippen LogP contribution >= 0.6 is 0 Å². The Labute approximate surface area is 79.9 Å². The van der Waals surface area contributed by atoms with Crippen molar-refractivity contribution in [1.29, 1.82) is 0 Å². The largest absolute Gasteiger partial charge is 0.398 e. The van der Waals surface area contributed by atoms with E-state index in [2.05, 4.69) is 13.8 Å². The van der Waals surface area contributed by atoms with Crippen molar-refractivity contribution < 1.29 is 0 Å². The van der Waals surface area contributed by atoms with Gasteiger partial charge in [-0.1, -0.05) is 19.9 Å². The van der Waals surface area contributed by atoms with Gasteiger partial charge in [-0.2, -0.15) is 0 Å². The molecular formula is C11H18N2. The molecule has 0 aliphatic heterocycles. The van der Waals surface area contributed by atoms with Crippen molar-refractivity contribution in [2.24, 2.45) is 0 Å². The van der Waals surface area contributed by atoms with E-state index in [9.17, 15) is 0 Å². The van der Waals surface area contributed by atoms with Crippen molar-refractivity contribution in [2.45, 2.75) is 33.6 Å². The zero-order valence-electron chi connectivity index (χ0n) is 8.81. The topological polar surface area (TPSA) is 52.0 Å². The lowest BCUT2D eigenvalue weighted by atomic mass is 9.94. The van der Waals surface area contributed by atoms with Gasteiger partial charge in [-0.25, -0.2) is 0 Å². The molecule has 0 saturated carbocycles. The van der Waals surface area contributed by atoms with Crippen LogP contribution in [0.25, 0.3) is 0 Å². The zero-order chi connectivity index (χ0) is 10.2. The SMILES string of the molecule is Cc1cc(C)c(N)c(C(C)C)c1N. The van der Waals surface area contributed by atoms with E-state index in [1.165, 1.54) is 0 Å². The van der Waals surface area contributed by atoms with Gasteiger partial charge < -0.3 is 11.5 Å².